The van der Waals surface area contributed by atoms with Crippen molar-refractivity contribution in [1.29, 1.82) is 0 Å². The first-order valence-corrected chi connectivity index (χ1v) is 28.3. The van der Waals surface area contributed by atoms with Gasteiger partial charge in [-0.2, -0.15) is 0 Å². The van der Waals surface area contributed by atoms with Crippen LogP contribution in [0.3, 0.4) is 0 Å². The van der Waals surface area contributed by atoms with E-state index in [0.29, 0.717) is 24.7 Å². The van der Waals surface area contributed by atoms with E-state index in [1.807, 2.05) is 24.3 Å². The summed E-state index contributed by atoms with van der Waals surface area (Å²) in [6.07, 6.45) is 10.1. The van der Waals surface area contributed by atoms with Gasteiger partial charge in [-0.25, -0.2) is 19.4 Å². The van der Waals surface area contributed by atoms with E-state index < -0.39 is 19.5 Å². The molecule has 368 valence electrons. The van der Waals surface area contributed by atoms with Crippen LogP contribution in [0, 0.1) is 42.2 Å². The smallest absolute Gasteiger partial charge is 0.472 e. The van der Waals surface area contributed by atoms with Crippen molar-refractivity contribution in [1.82, 2.24) is 0 Å². The SMILES string of the molecule is Cc1cccc2c1OC13Oc4c(cccc4P(c4ccccc4)c4ccccc4)CC1CCCC3C2.Fc1cccc2c1OC13Oc4c(F)cccc4CC1CCCC3C2.[K+].c1ccc([P-]c2ccccc2)cc1. The van der Waals surface area contributed by atoms with Crippen LogP contribution in [0.5, 0.6) is 23.0 Å². The molecule has 0 saturated heterocycles. The minimum Gasteiger partial charge on any atom is -0.472 e. The van der Waals surface area contributed by atoms with Crippen molar-refractivity contribution in [2.75, 3.05) is 0 Å². The molecule has 0 amide bonds. The average Bonchev–Trinajstić information content (AvgIpc) is 3.47. The van der Waals surface area contributed by atoms with E-state index in [0.717, 1.165) is 67.6 Å². The summed E-state index contributed by atoms with van der Waals surface area (Å²) in [4.78, 5) is 0. The van der Waals surface area contributed by atoms with Crippen LogP contribution < -0.4 is 96.9 Å². The Hall–Kier alpha value is -4.68. The van der Waals surface area contributed by atoms with Gasteiger partial charge in [0.1, 0.15) is 11.5 Å². The zero-order valence-corrected chi connectivity index (χ0v) is 47.1. The van der Waals surface area contributed by atoms with Gasteiger partial charge in [-0.05, 0) is 117 Å². The molecule has 6 aliphatic rings. The molecule has 2 saturated carbocycles. The summed E-state index contributed by atoms with van der Waals surface area (Å²) in [6.45, 7) is 2.17. The molecule has 14 rings (SSSR count). The molecule has 0 aromatic heterocycles. The molecule has 2 fully saturated rings. The number of halogens is 2. The Bertz CT molecular complexity index is 3070. The fourth-order valence-corrected chi connectivity index (χ4v) is 15.9. The van der Waals surface area contributed by atoms with Gasteiger partial charge < -0.3 is 27.5 Å². The number of benzene rings is 8. The maximum absolute atomic E-state index is 14.3. The summed E-state index contributed by atoms with van der Waals surface area (Å²) in [5.41, 5.74) is 5.65. The van der Waals surface area contributed by atoms with E-state index >= 15 is 0 Å². The molecule has 9 heteroatoms. The number of rotatable bonds is 5. The van der Waals surface area contributed by atoms with E-state index in [9.17, 15) is 8.78 Å². The Kier molecular flexibility index (Phi) is 15.6. The van der Waals surface area contributed by atoms with Crippen LogP contribution in [0.25, 0.3) is 0 Å². The van der Waals surface area contributed by atoms with Crippen LogP contribution in [-0.4, -0.2) is 11.6 Å². The maximum atomic E-state index is 14.3. The Labute approximate surface area is 480 Å². The molecular formula is C65H59F2KO4P2. The zero-order valence-electron chi connectivity index (χ0n) is 42.1. The maximum Gasteiger partial charge on any atom is 1.00 e. The molecule has 0 radical (unpaired) electrons. The zero-order chi connectivity index (χ0) is 49.4. The second kappa shape index (κ2) is 22.5. The van der Waals surface area contributed by atoms with E-state index in [2.05, 4.69) is 153 Å². The molecule has 4 nitrogen and oxygen atoms in total. The number of hydrogen-bond acceptors (Lipinski definition) is 4. The molecule has 8 aromatic carbocycles. The summed E-state index contributed by atoms with van der Waals surface area (Å²) < 4.78 is 55.4. The van der Waals surface area contributed by atoms with Gasteiger partial charge >= 0.3 is 51.4 Å². The van der Waals surface area contributed by atoms with Gasteiger partial charge in [-0.3, -0.25) is 0 Å². The van der Waals surface area contributed by atoms with Crippen LogP contribution in [0.4, 0.5) is 8.78 Å². The van der Waals surface area contributed by atoms with Gasteiger partial charge in [0.15, 0.2) is 23.1 Å². The third kappa shape index (κ3) is 10.1. The number of ether oxygens (including phenoxy) is 4. The van der Waals surface area contributed by atoms with Crippen molar-refractivity contribution in [3.05, 3.63) is 234 Å². The van der Waals surface area contributed by atoms with Gasteiger partial charge in [-0.15, -0.1) is 0 Å². The van der Waals surface area contributed by atoms with Crippen molar-refractivity contribution < 1.29 is 79.1 Å². The Morgan fingerprint density at radius 1 is 0.405 bits per heavy atom. The minimum atomic E-state index is -0.942. The number of hydrogen-bond donors (Lipinski definition) is 0. The largest absolute Gasteiger partial charge is 1.00 e. The summed E-state index contributed by atoms with van der Waals surface area (Å²) in [6, 6.07) is 66.3. The van der Waals surface area contributed by atoms with Crippen molar-refractivity contribution in [2.45, 2.75) is 82.7 Å². The number of para-hydroxylation sites is 4. The standard InChI is InChI=1S/C33H31O2P.C20H18F2O2.C12H10P.K/c1-23-11-8-12-24-21-26-14-10-15-27-22-25-13-9-20-30(32(25)35-33(26,27)34-31(23)24)36(28-16-4-2-5-17-28)29-18-6-3-7-19-29;21-16-8-1-4-12-10-14-6-3-7-15-11-13-5-2-9-17(22)19(13)24-20(14,15)23-18(12)16;1-3-7-11(8-4-1)13-12-9-5-2-6-10-12;/h2-9,11-13,16-20,26-27H,10,14-15,21-22H2,1H3;1-2,4-5,8-9,14-15H,3,6-7,10-11H2;1-10H;/q;;-1;+1. The van der Waals surface area contributed by atoms with E-state index in [4.69, 9.17) is 18.9 Å². The van der Waals surface area contributed by atoms with Crippen LogP contribution in [0.1, 0.15) is 66.3 Å². The molecule has 5 unspecified atom stereocenters. The van der Waals surface area contributed by atoms with Crippen molar-refractivity contribution in [3.8, 4) is 23.0 Å². The monoisotopic (exact) mass is 1040 g/mol. The van der Waals surface area contributed by atoms with E-state index in [1.54, 1.807) is 12.1 Å². The summed E-state index contributed by atoms with van der Waals surface area (Å²) >= 11 is 0. The Morgan fingerprint density at radius 2 is 0.757 bits per heavy atom. The molecule has 2 spiro atoms. The third-order valence-corrected chi connectivity index (χ3v) is 19.5. The average molecular weight is 1040 g/mol. The van der Waals surface area contributed by atoms with Gasteiger partial charge in [0.05, 0.1) is 0 Å². The Morgan fingerprint density at radius 3 is 1.20 bits per heavy atom. The predicted molar refractivity (Wildman–Crippen MR) is 293 cm³/mol. The van der Waals surface area contributed by atoms with Gasteiger partial charge in [0.25, 0.3) is 11.6 Å². The van der Waals surface area contributed by atoms with Crippen LogP contribution in [0.15, 0.2) is 194 Å². The first-order chi connectivity index (χ1) is 35.8. The molecule has 4 heterocycles. The second-order valence-electron chi connectivity index (χ2n) is 20.4. The second-order valence-corrected chi connectivity index (χ2v) is 23.8. The quantitative estimate of drug-likeness (QED) is 0.127. The molecule has 0 N–H and O–H groups in total. The first kappa shape index (κ1) is 51.4. The van der Waals surface area contributed by atoms with Crippen molar-refractivity contribution >= 4 is 43.0 Å². The van der Waals surface area contributed by atoms with Crippen LogP contribution in [-0.2, 0) is 25.7 Å². The van der Waals surface area contributed by atoms with E-state index in [-0.39, 0.29) is 86.4 Å². The molecule has 8 aromatic rings. The molecule has 2 aliphatic carbocycles. The topological polar surface area (TPSA) is 36.9 Å². The minimum absolute atomic E-state index is 0. The number of aryl methyl sites for hydroxylation is 1. The molecule has 0 bridgehead atoms. The Balaban J connectivity index is 0.000000133. The van der Waals surface area contributed by atoms with Gasteiger partial charge in [0, 0.05) is 29.0 Å². The first-order valence-electron chi connectivity index (χ1n) is 26.1. The van der Waals surface area contributed by atoms with Gasteiger partial charge in [-0.1, -0.05) is 195 Å². The van der Waals surface area contributed by atoms with Gasteiger partial charge in [0.2, 0.25) is 0 Å². The summed E-state index contributed by atoms with van der Waals surface area (Å²) in [7, 11) is 0.530. The summed E-state index contributed by atoms with van der Waals surface area (Å²) in [5.74, 6) is 1.43. The fraction of sp³-hybridized carbons (Fsp3) is 0.262. The number of fused-ring (bicyclic) bond motifs is 4. The van der Waals surface area contributed by atoms with E-state index in [1.165, 1.54) is 70.3 Å². The third-order valence-electron chi connectivity index (χ3n) is 15.9. The predicted octanol–water partition coefficient (Wildman–Crippen LogP) is 10.7. The van der Waals surface area contributed by atoms with Crippen LogP contribution in [0.2, 0.25) is 0 Å². The molecule has 4 aliphatic heterocycles. The van der Waals surface area contributed by atoms with Crippen molar-refractivity contribution in [3.63, 3.8) is 0 Å². The normalized spacial score (nSPS) is 23.1. The van der Waals surface area contributed by atoms with Crippen LogP contribution >= 0.6 is 16.5 Å². The fourth-order valence-electron chi connectivity index (χ4n) is 12.5. The molecule has 74 heavy (non-hydrogen) atoms. The molecular weight excluding hydrogens is 984 g/mol. The van der Waals surface area contributed by atoms with Crippen molar-refractivity contribution in [2.24, 2.45) is 23.7 Å². The molecule has 5 atom stereocenters. The summed E-state index contributed by atoms with van der Waals surface area (Å²) in [5, 5.41) is 6.68.